The van der Waals surface area contributed by atoms with E-state index in [1.54, 1.807) is 24.0 Å². The Balaban J connectivity index is 2.70. The summed E-state index contributed by atoms with van der Waals surface area (Å²) in [6.07, 6.45) is 1.63. The number of carbonyl (C=O) groups is 1. The van der Waals surface area contributed by atoms with Crippen LogP contribution < -0.4 is 5.56 Å². The van der Waals surface area contributed by atoms with Gasteiger partial charge in [0.05, 0.1) is 13.0 Å². The number of esters is 1. The largest absolute Gasteiger partial charge is 0.465 e. The Morgan fingerprint density at radius 3 is 3.00 bits per heavy atom. The number of aromatic nitrogens is 2. The summed E-state index contributed by atoms with van der Waals surface area (Å²) >= 11 is 1.59. The first-order chi connectivity index (χ1) is 9.19. The minimum absolute atomic E-state index is 0.0414. The number of methoxy groups -OCH3 is 1. The van der Waals surface area contributed by atoms with Crippen LogP contribution in [0.15, 0.2) is 29.2 Å². The van der Waals surface area contributed by atoms with E-state index in [0.717, 1.165) is 11.1 Å². The number of rotatable bonds is 4. The summed E-state index contributed by atoms with van der Waals surface area (Å²) in [6.45, 7) is 2.01. The van der Waals surface area contributed by atoms with Crippen molar-refractivity contribution in [2.75, 3.05) is 12.9 Å². The maximum absolute atomic E-state index is 12.3. The number of thioether (sulfide) groups is 1. The van der Waals surface area contributed by atoms with Gasteiger partial charge in [-0.2, -0.15) is 0 Å². The fourth-order valence-electron chi connectivity index (χ4n) is 1.76. The first-order valence-electron chi connectivity index (χ1n) is 5.83. The fraction of sp³-hybridized carbons (Fsp3) is 0.308. The van der Waals surface area contributed by atoms with Crippen molar-refractivity contribution >= 4 is 28.8 Å². The molecular formula is C13H14N2O3S. The zero-order chi connectivity index (χ0) is 13.8. The SMILES string of the molecule is CCSCn1c(=O)c(C(=O)OC)cc2cccnc21. The Hall–Kier alpha value is -1.82. The molecule has 2 aromatic heterocycles. The van der Waals surface area contributed by atoms with Gasteiger partial charge >= 0.3 is 5.97 Å². The first kappa shape index (κ1) is 13.6. The van der Waals surface area contributed by atoms with Crippen molar-refractivity contribution in [2.24, 2.45) is 0 Å². The second-order valence-electron chi connectivity index (χ2n) is 3.82. The summed E-state index contributed by atoms with van der Waals surface area (Å²) in [5.74, 6) is 0.725. The third kappa shape index (κ3) is 2.63. The van der Waals surface area contributed by atoms with E-state index in [2.05, 4.69) is 9.72 Å². The molecule has 0 N–H and O–H groups in total. The summed E-state index contributed by atoms with van der Waals surface area (Å²) in [6, 6.07) is 5.12. The third-order valence-corrected chi connectivity index (χ3v) is 3.53. The minimum atomic E-state index is -0.619. The quantitative estimate of drug-likeness (QED) is 0.799. The van der Waals surface area contributed by atoms with E-state index in [4.69, 9.17) is 0 Å². The molecule has 0 amide bonds. The predicted molar refractivity (Wildman–Crippen MR) is 75.5 cm³/mol. The van der Waals surface area contributed by atoms with Gasteiger partial charge < -0.3 is 4.74 Å². The highest BCUT2D eigenvalue weighted by molar-refractivity contribution is 7.98. The summed E-state index contributed by atoms with van der Waals surface area (Å²) in [7, 11) is 1.26. The van der Waals surface area contributed by atoms with Crippen LogP contribution in [0.4, 0.5) is 0 Å². The van der Waals surface area contributed by atoms with Gasteiger partial charge in [0.2, 0.25) is 0 Å². The van der Waals surface area contributed by atoms with Gasteiger partial charge in [-0.05, 0) is 24.0 Å². The van der Waals surface area contributed by atoms with Crippen LogP contribution in [0.5, 0.6) is 0 Å². The lowest BCUT2D eigenvalue weighted by Gasteiger charge is -2.10. The molecule has 0 atom stereocenters. The average Bonchev–Trinajstić information content (AvgIpc) is 2.45. The molecule has 6 heteroatoms. The van der Waals surface area contributed by atoms with E-state index < -0.39 is 5.97 Å². The van der Waals surface area contributed by atoms with Gasteiger partial charge in [0.15, 0.2) is 0 Å². The van der Waals surface area contributed by atoms with Crippen molar-refractivity contribution in [3.05, 3.63) is 40.3 Å². The van der Waals surface area contributed by atoms with Crippen molar-refractivity contribution in [1.82, 2.24) is 9.55 Å². The fourth-order valence-corrected chi connectivity index (χ4v) is 2.37. The van der Waals surface area contributed by atoms with Gasteiger partial charge in [0, 0.05) is 11.6 Å². The minimum Gasteiger partial charge on any atom is -0.465 e. The zero-order valence-corrected chi connectivity index (χ0v) is 11.6. The molecule has 2 aromatic rings. The van der Waals surface area contributed by atoms with Gasteiger partial charge in [0.25, 0.3) is 5.56 Å². The van der Waals surface area contributed by atoms with Gasteiger partial charge in [0.1, 0.15) is 11.2 Å². The molecular weight excluding hydrogens is 264 g/mol. The van der Waals surface area contributed by atoms with E-state index >= 15 is 0 Å². The van der Waals surface area contributed by atoms with Crippen LogP contribution in [0, 0.1) is 0 Å². The monoisotopic (exact) mass is 278 g/mol. The molecule has 0 spiro atoms. The maximum Gasteiger partial charge on any atom is 0.343 e. The summed E-state index contributed by atoms with van der Waals surface area (Å²) < 4.78 is 6.16. The number of hydrogen-bond donors (Lipinski definition) is 0. The zero-order valence-electron chi connectivity index (χ0n) is 10.8. The topological polar surface area (TPSA) is 61.2 Å². The van der Waals surface area contributed by atoms with Crippen LogP contribution in [0.25, 0.3) is 11.0 Å². The highest BCUT2D eigenvalue weighted by atomic mass is 32.2. The van der Waals surface area contributed by atoms with E-state index in [-0.39, 0.29) is 11.1 Å². The number of nitrogens with zero attached hydrogens (tertiary/aromatic N) is 2. The van der Waals surface area contributed by atoms with Crippen molar-refractivity contribution in [3.63, 3.8) is 0 Å². The van der Waals surface area contributed by atoms with E-state index in [1.807, 2.05) is 13.0 Å². The molecule has 19 heavy (non-hydrogen) atoms. The molecule has 0 fully saturated rings. The van der Waals surface area contributed by atoms with Crippen LogP contribution >= 0.6 is 11.8 Å². The van der Waals surface area contributed by atoms with Gasteiger partial charge in [-0.1, -0.05) is 6.92 Å². The average molecular weight is 278 g/mol. The Kier molecular flexibility index (Phi) is 4.21. The molecule has 0 aliphatic carbocycles. The molecule has 2 rings (SSSR count). The van der Waals surface area contributed by atoms with Crippen molar-refractivity contribution < 1.29 is 9.53 Å². The Bertz CT molecular complexity index is 666. The number of carbonyl (C=O) groups excluding carboxylic acids is 1. The summed E-state index contributed by atoms with van der Waals surface area (Å²) in [5, 5.41) is 0.749. The van der Waals surface area contributed by atoms with Crippen LogP contribution in [-0.2, 0) is 10.6 Å². The van der Waals surface area contributed by atoms with Crippen LogP contribution in [0.3, 0.4) is 0 Å². The van der Waals surface area contributed by atoms with Gasteiger partial charge in [-0.3, -0.25) is 9.36 Å². The number of ether oxygens (including phenoxy) is 1. The second kappa shape index (κ2) is 5.88. The van der Waals surface area contributed by atoms with Crippen molar-refractivity contribution in [2.45, 2.75) is 12.8 Å². The van der Waals surface area contributed by atoms with E-state index in [1.165, 1.54) is 17.7 Å². The maximum atomic E-state index is 12.3. The lowest BCUT2D eigenvalue weighted by atomic mass is 10.2. The van der Waals surface area contributed by atoms with Gasteiger partial charge in [-0.25, -0.2) is 9.78 Å². The highest BCUT2D eigenvalue weighted by Crippen LogP contribution is 2.14. The highest BCUT2D eigenvalue weighted by Gasteiger charge is 2.16. The number of pyridine rings is 2. The molecule has 0 radical (unpaired) electrons. The lowest BCUT2D eigenvalue weighted by molar-refractivity contribution is 0.0598. The van der Waals surface area contributed by atoms with Crippen LogP contribution in [0.2, 0.25) is 0 Å². The van der Waals surface area contributed by atoms with E-state index in [9.17, 15) is 9.59 Å². The Labute approximate surface area is 114 Å². The molecule has 0 aromatic carbocycles. The molecule has 0 bridgehead atoms. The Morgan fingerprint density at radius 1 is 1.53 bits per heavy atom. The molecule has 5 nitrogen and oxygen atoms in total. The van der Waals surface area contributed by atoms with Crippen LogP contribution in [0.1, 0.15) is 17.3 Å². The molecule has 100 valence electrons. The predicted octanol–water partition coefficient (Wildman–Crippen LogP) is 1.89. The molecule has 0 aliphatic rings. The standard InChI is InChI=1S/C13H14N2O3S/c1-3-19-8-15-11-9(5-4-6-14-11)7-10(12(15)16)13(17)18-2/h4-7H,3,8H2,1-2H3. The first-order valence-corrected chi connectivity index (χ1v) is 6.99. The molecule has 0 aliphatic heterocycles. The van der Waals surface area contributed by atoms with E-state index in [0.29, 0.717) is 11.5 Å². The molecule has 2 heterocycles. The van der Waals surface area contributed by atoms with Crippen molar-refractivity contribution in [3.8, 4) is 0 Å². The molecule has 0 saturated heterocycles. The Morgan fingerprint density at radius 2 is 2.32 bits per heavy atom. The lowest BCUT2D eigenvalue weighted by Crippen LogP contribution is -2.27. The smallest absolute Gasteiger partial charge is 0.343 e. The summed E-state index contributed by atoms with van der Waals surface area (Å²) in [4.78, 5) is 28.2. The van der Waals surface area contributed by atoms with Gasteiger partial charge in [-0.15, -0.1) is 11.8 Å². The second-order valence-corrected chi connectivity index (χ2v) is 5.06. The number of hydrogen-bond acceptors (Lipinski definition) is 5. The van der Waals surface area contributed by atoms with Crippen molar-refractivity contribution in [1.29, 1.82) is 0 Å². The summed E-state index contributed by atoms with van der Waals surface area (Å²) in [5.41, 5.74) is 0.264. The number of fused-ring (bicyclic) bond motifs is 1. The van der Waals surface area contributed by atoms with Crippen LogP contribution in [-0.4, -0.2) is 28.4 Å². The third-order valence-electron chi connectivity index (χ3n) is 2.68. The normalized spacial score (nSPS) is 10.6. The molecule has 0 unspecified atom stereocenters. The molecule has 0 saturated carbocycles.